The van der Waals surface area contributed by atoms with Crippen LogP contribution in [-0.4, -0.2) is 9.97 Å². The van der Waals surface area contributed by atoms with Gasteiger partial charge in [-0.3, -0.25) is 0 Å². The maximum absolute atomic E-state index is 5.83. The molecule has 2 aromatic heterocycles. The van der Waals surface area contributed by atoms with E-state index in [4.69, 9.17) is 5.73 Å². The monoisotopic (exact) mass is 268 g/mol. The maximum atomic E-state index is 5.83. The molecule has 0 aliphatic heterocycles. The van der Waals surface area contributed by atoms with Crippen molar-refractivity contribution in [3.63, 3.8) is 0 Å². The van der Waals surface area contributed by atoms with Gasteiger partial charge in [-0.2, -0.15) is 4.98 Å². The minimum atomic E-state index is 0.455. The van der Waals surface area contributed by atoms with Crippen molar-refractivity contribution >= 4 is 28.8 Å². The molecule has 19 heavy (non-hydrogen) atoms. The first-order valence-corrected chi connectivity index (χ1v) is 6.70. The number of hydrogen-bond acceptors (Lipinski definition) is 5. The van der Waals surface area contributed by atoms with Gasteiger partial charge in [0.2, 0.25) is 5.95 Å². The molecule has 0 bridgehead atoms. The number of benzene rings is 1. The largest absolute Gasteiger partial charge is 0.384 e. The lowest BCUT2D eigenvalue weighted by atomic mass is 10.3. The molecule has 0 amide bonds. The molecule has 3 rings (SSSR count). The summed E-state index contributed by atoms with van der Waals surface area (Å²) < 4.78 is 0. The summed E-state index contributed by atoms with van der Waals surface area (Å²) in [4.78, 5) is 9.75. The standard InChI is InChI=1S/C14H12N4S/c15-13-9-11(12-7-4-8-19-12)17-14(18-13)16-10-5-2-1-3-6-10/h1-9H,(H3,15,16,17,18). The third kappa shape index (κ3) is 2.71. The van der Waals surface area contributed by atoms with Gasteiger partial charge >= 0.3 is 0 Å². The third-order valence-electron chi connectivity index (χ3n) is 2.55. The van der Waals surface area contributed by atoms with Crippen molar-refractivity contribution in [2.75, 3.05) is 11.1 Å². The molecule has 0 aliphatic carbocycles. The van der Waals surface area contributed by atoms with E-state index in [0.29, 0.717) is 11.8 Å². The fourth-order valence-corrected chi connectivity index (χ4v) is 2.41. The fourth-order valence-electron chi connectivity index (χ4n) is 1.72. The Morgan fingerprint density at radius 2 is 1.84 bits per heavy atom. The Morgan fingerprint density at radius 3 is 2.58 bits per heavy atom. The number of rotatable bonds is 3. The Labute approximate surface area is 115 Å². The summed E-state index contributed by atoms with van der Waals surface area (Å²) in [7, 11) is 0. The van der Waals surface area contributed by atoms with Crippen LogP contribution in [0, 0.1) is 0 Å². The summed E-state index contributed by atoms with van der Waals surface area (Å²) in [6.07, 6.45) is 0. The van der Waals surface area contributed by atoms with Crippen LogP contribution in [0.25, 0.3) is 10.6 Å². The molecule has 0 radical (unpaired) electrons. The molecule has 1 aromatic carbocycles. The molecule has 0 saturated carbocycles. The molecular formula is C14H12N4S. The average Bonchev–Trinajstić information content (AvgIpc) is 2.93. The van der Waals surface area contributed by atoms with Crippen molar-refractivity contribution < 1.29 is 0 Å². The van der Waals surface area contributed by atoms with Crippen LogP contribution >= 0.6 is 11.3 Å². The highest BCUT2D eigenvalue weighted by Gasteiger charge is 2.06. The van der Waals surface area contributed by atoms with Crippen LogP contribution in [0.1, 0.15) is 0 Å². The van der Waals surface area contributed by atoms with E-state index in [1.165, 1.54) is 0 Å². The first-order valence-electron chi connectivity index (χ1n) is 5.82. The van der Waals surface area contributed by atoms with Crippen molar-refractivity contribution in [2.45, 2.75) is 0 Å². The van der Waals surface area contributed by atoms with E-state index in [0.717, 1.165) is 16.3 Å². The first-order chi connectivity index (χ1) is 9.31. The van der Waals surface area contributed by atoms with Crippen LogP contribution in [0.15, 0.2) is 53.9 Å². The van der Waals surface area contributed by atoms with Crippen LogP contribution in [0.5, 0.6) is 0 Å². The molecule has 3 aromatic rings. The summed E-state index contributed by atoms with van der Waals surface area (Å²) in [6.45, 7) is 0. The van der Waals surface area contributed by atoms with Gasteiger partial charge in [0, 0.05) is 11.8 Å². The first kappa shape index (κ1) is 11.7. The maximum Gasteiger partial charge on any atom is 0.229 e. The molecule has 2 heterocycles. The van der Waals surface area contributed by atoms with Gasteiger partial charge in [0.05, 0.1) is 10.6 Å². The SMILES string of the molecule is Nc1cc(-c2cccs2)nc(Nc2ccccc2)n1. The quantitative estimate of drug-likeness (QED) is 0.762. The molecule has 0 unspecified atom stereocenters. The minimum Gasteiger partial charge on any atom is -0.384 e. The average molecular weight is 268 g/mol. The van der Waals surface area contributed by atoms with E-state index in [2.05, 4.69) is 15.3 Å². The summed E-state index contributed by atoms with van der Waals surface area (Å²) in [6, 6.07) is 15.6. The summed E-state index contributed by atoms with van der Waals surface area (Å²) in [5.74, 6) is 0.964. The molecule has 0 aliphatic rings. The highest BCUT2D eigenvalue weighted by atomic mass is 32.1. The lowest BCUT2D eigenvalue weighted by Crippen LogP contribution is -2.01. The van der Waals surface area contributed by atoms with E-state index in [9.17, 15) is 0 Å². The number of nitrogens with zero attached hydrogens (tertiary/aromatic N) is 2. The van der Waals surface area contributed by atoms with Gasteiger partial charge in [0.1, 0.15) is 5.82 Å². The number of nitrogen functional groups attached to an aromatic ring is 1. The normalized spacial score (nSPS) is 10.3. The van der Waals surface area contributed by atoms with E-state index < -0.39 is 0 Å². The number of aromatic nitrogens is 2. The Hall–Kier alpha value is -2.40. The van der Waals surface area contributed by atoms with Crippen molar-refractivity contribution in [3.8, 4) is 10.6 Å². The van der Waals surface area contributed by atoms with Gasteiger partial charge in [0.15, 0.2) is 0 Å². The molecule has 4 nitrogen and oxygen atoms in total. The van der Waals surface area contributed by atoms with Crippen molar-refractivity contribution in [1.29, 1.82) is 0 Å². The molecule has 0 atom stereocenters. The summed E-state index contributed by atoms with van der Waals surface area (Å²) in [5, 5.41) is 5.16. The molecule has 94 valence electrons. The van der Waals surface area contributed by atoms with Crippen molar-refractivity contribution in [3.05, 3.63) is 53.9 Å². The molecule has 3 N–H and O–H groups in total. The number of hydrogen-bond donors (Lipinski definition) is 2. The number of nitrogens with one attached hydrogen (secondary N) is 1. The van der Waals surface area contributed by atoms with Gasteiger partial charge in [-0.15, -0.1) is 11.3 Å². The van der Waals surface area contributed by atoms with Crippen LogP contribution < -0.4 is 11.1 Å². The fraction of sp³-hybridized carbons (Fsp3) is 0. The second-order valence-corrected chi connectivity index (χ2v) is 4.92. The minimum absolute atomic E-state index is 0.455. The molecular weight excluding hydrogens is 256 g/mol. The molecule has 0 saturated heterocycles. The lowest BCUT2D eigenvalue weighted by molar-refractivity contribution is 1.18. The third-order valence-corrected chi connectivity index (χ3v) is 3.44. The van der Waals surface area contributed by atoms with Gasteiger partial charge < -0.3 is 11.1 Å². The topological polar surface area (TPSA) is 63.8 Å². The molecule has 5 heteroatoms. The highest BCUT2D eigenvalue weighted by molar-refractivity contribution is 7.13. The van der Waals surface area contributed by atoms with E-state index in [1.807, 2.05) is 47.8 Å². The number of nitrogens with two attached hydrogens (primary N) is 1. The second kappa shape index (κ2) is 5.07. The molecule has 0 spiro atoms. The zero-order valence-corrected chi connectivity index (χ0v) is 10.9. The predicted octanol–water partition coefficient (Wildman–Crippen LogP) is 3.53. The molecule has 0 fully saturated rings. The van der Waals surface area contributed by atoms with Gasteiger partial charge in [-0.25, -0.2) is 4.98 Å². The zero-order chi connectivity index (χ0) is 13.1. The van der Waals surface area contributed by atoms with Crippen LogP contribution in [0.4, 0.5) is 17.5 Å². The highest BCUT2D eigenvalue weighted by Crippen LogP contribution is 2.25. The van der Waals surface area contributed by atoms with E-state index in [1.54, 1.807) is 17.4 Å². The lowest BCUT2D eigenvalue weighted by Gasteiger charge is -2.07. The van der Waals surface area contributed by atoms with Crippen LogP contribution in [0.3, 0.4) is 0 Å². The van der Waals surface area contributed by atoms with Gasteiger partial charge in [-0.1, -0.05) is 24.3 Å². The Morgan fingerprint density at radius 1 is 1.00 bits per heavy atom. The summed E-state index contributed by atoms with van der Waals surface area (Å²) in [5.41, 5.74) is 7.60. The van der Waals surface area contributed by atoms with Gasteiger partial charge in [-0.05, 0) is 23.6 Å². The number of para-hydroxylation sites is 1. The number of anilines is 3. The zero-order valence-electron chi connectivity index (χ0n) is 10.1. The van der Waals surface area contributed by atoms with Crippen LogP contribution in [-0.2, 0) is 0 Å². The van der Waals surface area contributed by atoms with Crippen LogP contribution in [0.2, 0.25) is 0 Å². The van der Waals surface area contributed by atoms with Crippen molar-refractivity contribution in [2.24, 2.45) is 0 Å². The Balaban J connectivity index is 1.94. The Kier molecular flexibility index (Phi) is 3.12. The smallest absolute Gasteiger partial charge is 0.229 e. The Bertz CT molecular complexity index is 665. The number of thiophene rings is 1. The summed E-state index contributed by atoms with van der Waals surface area (Å²) >= 11 is 1.63. The predicted molar refractivity (Wildman–Crippen MR) is 79.5 cm³/mol. The van der Waals surface area contributed by atoms with Crippen molar-refractivity contribution in [1.82, 2.24) is 9.97 Å². The van der Waals surface area contributed by atoms with E-state index in [-0.39, 0.29) is 0 Å². The van der Waals surface area contributed by atoms with Gasteiger partial charge in [0.25, 0.3) is 0 Å². The van der Waals surface area contributed by atoms with E-state index >= 15 is 0 Å². The second-order valence-electron chi connectivity index (χ2n) is 3.97.